The topological polar surface area (TPSA) is 45.8 Å². The Hall–Kier alpha value is -1.88. The first-order valence-corrected chi connectivity index (χ1v) is 7.11. The second kappa shape index (κ2) is 5.25. The molecular formula is C15H13BrN2O2. The molecule has 1 amide bonds. The molecule has 0 N–H and O–H groups in total. The van der Waals surface area contributed by atoms with Gasteiger partial charge in [-0.05, 0) is 29.8 Å². The second-order valence-corrected chi connectivity index (χ2v) is 5.58. The van der Waals surface area contributed by atoms with Crippen molar-refractivity contribution in [2.75, 3.05) is 0 Å². The van der Waals surface area contributed by atoms with Crippen LogP contribution in [-0.2, 0) is 4.79 Å². The minimum atomic E-state index is -0.0786. The molecule has 102 valence electrons. The van der Waals surface area contributed by atoms with Crippen molar-refractivity contribution in [1.82, 2.24) is 5.01 Å². The summed E-state index contributed by atoms with van der Waals surface area (Å²) in [6, 6.07) is 11.5. The summed E-state index contributed by atoms with van der Waals surface area (Å²) in [5, 5.41) is 5.94. The molecule has 0 saturated carbocycles. The molecule has 3 rings (SSSR count). The Bertz CT molecular complexity index is 664. The number of hydrogen-bond donors (Lipinski definition) is 0. The Labute approximate surface area is 125 Å². The summed E-state index contributed by atoms with van der Waals surface area (Å²) in [7, 11) is 0. The summed E-state index contributed by atoms with van der Waals surface area (Å²) in [6.07, 6.45) is 2.27. The van der Waals surface area contributed by atoms with Gasteiger partial charge in [0.05, 0.1) is 12.3 Å². The number of carbonyl (C=O) groups excluding carboxylic acids is 1. The van der Waals surface area contributed by atoms with Crippen LogP contribution in [0.25, 0.3) is 0 Å². The number of hydrazone groups is 1. The van der Waals surface area contributed by atoms with Crippen LogP contribution in [0.15, 0.2) is 56.7 Å². The minimum absolute atomic E-state index is 0.0727. The molecule has 0 radical (unpaired) electrons. The van der Waals surface area contributed by atoms with E-state index in [-0.39, 0.29) is 11.9 Å². The molecule has 1 atom stereocenters. The van der Waals surface area contributed by atoms with Gasteiger partial charge in [-0.1, -0.05) is 28.1 Å². The maximum Gasteiger partial charge on any atom is 0.240 e. The van der Waals surface area contributed by atoms with Crippen LogP contribution in [0.4, 0.5) is 0 Å². The van der Waals surface area contributed by atoms with Crippen LogP contribution in [-0.4, -0.2) is 16.6 Å². The lowest BCUT2D eigenvalue weighted by Gasteiger charge is -2.20. The highest BCUT2D eigenvalue weighted by atomic mass is 79.9. The van der Waals surface area contributed by atoms with E-state index < -0.39 is 0 Å². The van der Waals surface area contributed by atoms with Crippen LogP contribution in [0.5, 0.6) is 0 Å². The van der Waals surface area contributed by atoms with Crippen molar-refractivity contribution in [3.8, 4) is 0 Å². The third-order valence-corrected chi connectivity index (χ3v) is 3.77. The van der Waals surface area contributed by atoms with Gasteiger partial charge in [-0.15, -0.1) is 0 Å². The summed E-state index contributed by atoms with van der Waals surface area (Å²) in [5.74, 6) is 0.644. The molecule has 5 heteroatoms. The van der Waals surface area contributed by atoms with Crippen LogP contribution in [0.1, 0.15) is 30.7 Å². The SMILES string of the molecule is CC(=O)N1N=C(c2ccco2)C[C@H]1c1cccc(Br)c1. The lowest BCUT2D eigenvalue weighted by molar-refractivity contribution is -0.130. The van der Waals surface area contributed by atoms with Crippen molar-refractivity contribution in [2.45, 2.75) is 19.4 Å². The van der Waals surface area contributed by atoms with Gasteiger partial charge in [0.25, 0.3) is 0 Å². The molecule has 0 aliphatic carbocycles. The number of carbonyl (C=O) groups is 1. The van der Waals surface area contributed by atoms with Gasteiger partial charge in [0, 0.05) is 17.8 Å². The maximum absolute atomic E-state index is 11.8. The fraction of sp³-hybridized carbons (Fsp3) is 0.200. The van der Waals surface area contributed by atoms with E-state index in [1.807, 2.05) is 36.4 Å². The first-order valence-electron chi connectivity index (χ1n) is 6.32. The van der Waals surface area contributed by atoms with Crippen molar-refractivity contribution in [3.05, 3.63) is 58.5 Å². The summed E-state index contributed by atoms with van der Waals surface area (Å²) in [6.45, 7) is 1.53. The molecule has 1 aromatic heterocycles. The van der Waals surface area contributed by atoms with Gasteiger partial charge in [-0.2, -0.15) is 5.10 Å². The Morgan fingerprint density at radius 1 is 1.40 bits per heavy atom. The molecule has 0 spiro atoms. The number of amides is 1. The number of halogens is 1. The number of rotatable bonds is 2. The van der Waals surface area contributed by atoms with E-state index in [4.69, 9.17) is 4.42 Å². The second-order valence-electron chi connectivity index (χ2n) is 4.66. The zero-order valence-corrected chi connectivity index (χ0v) is 12.5. The van der Waals surface area contributed by atoms with Gasteiger partial charge in [-0.3, -0.25) is 4.79 Å². The third-order valence-electron chi connectivity index (χ3n) is 3.27. The van der Waals surface area contributed by atoms with E-state index in [0.29, 0.717) is 12.2 Å². The maximum atomic E-state index is 11.8. The predicted octanol–water partition coefficient (Wildman–Crippen LogP) is 3.74. The largest absolute Gasteiger partial charge is 0.463 e. The zero-order valence-electron chi connectivity index (χ0n) is 10.9. The van der Waals surface area contributed by atoms with Crippen molar-refractivity contribution < 1.29 is 9.21 Å². The van der Waals surface area contributed by atoms with E-state index in [9.17, 15) is 4.79 Å². The molecular weight excluding hydrogens is 320 g/mol. The minimum Gasteiger partial charge on any atom is -0.463 e. The average molecular weight is 333 g/mol. The number of furan rings is 1. The Kier molecular flexibility index (Phi) is 3.44. The molecule has 0 bridgehead atoms. The fourth-order valence-electron chi connectivity index (χ4n) is 2.37. The molecule has 20 heavy (non-hydrogen) atoms. The average Bonchev–Trinajstić information content (AvgIpc) is 3.08. The van der Waals surface area contributed by atoms with E-state index in [1.165, 1.54) is 11.9 Å². The van der Waals surface area contributed by atoms with Crippen molar-refractivity contribution >= 4 is 27.5 Å². The highest BCUT2D eigenvalue weighted by Gasteiger charge is 2.32. The van der Waals surface area contributed by atoms with E-state index in [0.717, 1.165) is 15.7 Å². The molecule has 2 heterocycles. The lowest BCUT2D eigenvalue weighted by Crippen LogP contribution is -2.24. The molecule has 4 nitrogen and oxygen atoms in total. The lowest BCUT2D eigenvalue weighted by atomic mass is 10.0. The van der Waals surface area contributed by atoms with Crippen LogP contribution in [0.3, 0.4) is 0 Å². The fourth-order valence-corrected chi connectivity index (χ4v) is 2.78. The van der Waals surface area contributed by atoms with E-state index in [1.54, 1.807) is 6.26 Å². The smallest absolute Gasteiger partial charge is 0.240 e. The molecule has 0 fully saturated rings. The van der Waals surface area contributed by atoms with E-state index >= 15 is 0 Å². The Morgan fingerprint density at radius 3 is 2.90 bits per heavy atom. The molecule has 0 saturated heterocycles. The first kappa shape index (κ1) is 13.1. The molecule has 1 aliphatic rings. The highest BCUT2D eigenvalue weighted by molar-refractivity contribution is 9.10. The van der Waals surface area contributed by atoms with Crippen molar-refractivity contribution in [1.29, 1.82) is 0 Å². The standard InChI is InChI=1S/C15H13BrN2O2/c1-10(19)18-14(11-4-2-5-12(16)8-11)9-13(17-18)15-6-3-7-20-15/h2-8,14H,9H2,1H3/t14-/m0/s1. The van der Waals surface area contributed by atoms with Crippen LogP contribution in [0.2, 0.25) is 0 Å². The molecule has 0 unspecified atom stereocenters. The Balaban J connectivity index is 1.95. The molecule has 1 aliphatic heterocycles. The monoisotopic (exact) mass is 332 g/mol. The quantitative estimate of drug-likeness (QED) is 0.840. The van der Waals surface area contributed by atoms with E-state index in [2.05, 4.69) is 21.0 Å². The summed E-state index contributed by atoms with van der Waals surface area (Å²) >= 11 is 3.46. The number of benzene rings is 1. The normalized spacial score (nSPS) is 18.2. The van der Waals surface area contributed by atoms with Gasteiger partial charge in [0.15, 0.2) is 0 Å². The van der Waals surface area contributed by atoms with Crippen molar-refractivity contribution in [3.63, 3.8) is 0 Å². The number of nitrogens with zero attached hydrogens (tertiary/aromatic N) is 2. The number of hydrogen-bond acceptors (Lipinski definition) is 3. The van der Waals surface area contributed by atoms with Crippen LogP contribution in [0, 0.1) is 0 Å². The highest BCUT2D eigenvalue weighted by Crippen LogP contribution is 2.33. The van der Waals surface area contributed by atoms with Crippen LogP contribution >= 0.6 is 15.9 Å². The Morgan fingerprint density at radius 2 is 2.25 bits per heavy atom. The van der Waals surface area contributed by atoms with Crippen molar-refractivity contribution in [2.24, 2.45) is 5.10 Å². The van der Waals surface area contributed by atoms with Crippen LogP contribution < -0.4 is 0 Å². The summed E-state index contributed by atoms with van der Waals surface area (Å²) < 4.78 is 6.37. The molecule has 2 aromatic rings. The zero-order chi connectivity index (χ0) is 14.1. The van der Waals surface area contributed by atoms with Gasteiger partial charge in [-0.25, -0.2) is 5.01 Å². The summed E-state index contributed by atoms with van der Waals surface area (Å²) in [4.78, 5) is 11.8. The van der Waals surface area contributed by atoms with Gasteiger partial charge < -0.3 is 4.42 Å². The van der Waals surface area contributed by atoms with Gasteiger partial charge in [0.1, 0.15) is 11.5 Å². The summed E-state index contributed by atoms with van der Waals surface area (Å²) in [5.41, 5.74) is 1.86. The predicted molar refractivity (Wildman–Crippen MR) is 79.3 cm³/mol. The van der Waals surface area contributed by atoms with Gasteiger partial charge in [0.2, 0.25) is 5.91 Å². The van der Waals surface area contributed by atoms with Gasteiger partial charge >= 0.3 is 0 Å². The first-order chi connectivity index (χ1) is 9.65. The third kappa shape index (κ3) is 2.41. The molecule has 1 aromatic carbocycles.